The van der Waals surface area contributed by atoms with E-state index in [9.17, 15) is 73.2 Å². The van der Waals surface area contributed by atoms with Crippen LogP contribution >= 0.6 is 0 Å². The van der Waals surface area contributed by atoms with E-state index in [2.05, 4.69) is 20.8 Å². The zero-order chi connectivity index (χ0) is 73.1. The van der Waals surface area contributed by atoms with Gasteiger partial charge < -0.3 is 63.7 Å². The number of nitrogens with zero attached hydrogens (tertiary/aromatic N) is 4. The summed E-state index contributed by atoms with van der Waals surface area (Å²) >= 11 is 0. The first kappa shape index (κ1) is 82.9. The van der Waals surface area contributed by atoms with E-state index < -0.39 is 100 Å². The molecular weight excluding hydrogens is 1250 g/mol. The average Bonchev–Trinajstić information content (AvgIpc) is 1.12. The highest BCUT2D eigenvalue weighted by Crippen LogP contribution is 2.43. The van der Waals surface area contributed by atoms with Gasteiger partial charge in [-0.15, -0.1) is 0 Å². The van der Waals surface area contributed by atoms with Gasteiger partial charge in [0.05, 0.1) is 61.1 Å². The van der Waals surface area contributed by atoms with Crippen LogP contribution in [-0.4, -0.2) is 215 Å². The zero-order valence-corrected chi connectivity index (χ0v) is 61.6. The number of hydrogen-bond donors (Lipinski definition) is 4. The van der Waals surface area contributed by atoms with Crippen LogP contribution in [0, 0.1) is 53.3 Å². The Morgan fingerprint density at radius 2 is 0.742 bits per heavy atom. The van der Waals surface area contributed by atoms with Gasteiger partial charge in [0.2, 0.25) is 23.3 Å². The van der Waals surface area contributed by atoms with Crippen molar-refractivity contribution < 1.29 is 96.9 Å². The molecule has 552 valence electrons. The molecule has 0 bridgehead atoms. The summed E-state index contributed by atoms with van der Waals surface area (Å²) in [6.45, 7) is 32.5. The first-order valence-corrected chi connectivity index (χ1v) is 36.2. The maximum atomic E-state index is 12.9. The number of hydrogen-bond acceptors (Lipinski definition) is 20. The quantitative estimate of drug-likeness (QED) is 0.106. The Bertz CT molecular complexity index is 2790. The Balaban J connectivity index is 0.000000234. The molecule has 8 fully saturated rings. The topological polar surface area (TPSA) is 328 Å². The van der Waals surface area contributed by atoms with Crippen molar-refractivity contribution in [1.82, 2.24) is 19.6 Å². The van der Waals surface area contributed by atoms with E-state index in [1.165, 1.54) is 35.5 Å². The molecule has 0 radical (unpaired) electrons. The van der Waals surface area contributed by atoms with Crippen molar-refractivity contribution in [3.63, 3.8) is 0 Å². The number of methoxy groups -OCH3 is 1. The van der Waals surface area contributed by atoms with Gasteiger partial charge in [-0.25, -0.2) is 0 Å². The second-order valence-electron chi connectivity index (χ2n) is 30.8. The van der Waals surface area contributed by atoms with E-state index in [0.717, 1.165) is 64.2 Å². The van der Waals surface area contributed by atoms with Crippen LogP contribution in [0.3, 0.4) is 0 Å². The van der Waals surface area contributed by atoms with Crippen molar-refractivity contribution in [2.75, 3.05) is 33.3 Å². The minimum Gasteiger partial charge on any atom is -0.379 e. The third kappa shape index (κ3) is 19.4. The van der Waals surface area contributed by atoms with Crippen LogP contribution in [-0.2, 0) is 76.4 Å². The molecule has 0 aromatic carbocycles. The minimum absolute atomic E-state index is 0.00170. The molecule has 24 nitrogen and oxygen atoms in total. The summed E-state index contributed by atoms with van der Waals surface area (Å²) in [5.41, 5.74) is 0. The van der Waals surface area contributed by atoms with E-state index in [4.69, 9.17) is 23.7 Å². The highest BCUT2D eigenvalue weighted by Gasteiger charge is 2.57. The summed E-state index contributed by atoms with van der Waals surface area (Å²) in [7, 11) is 1.57. The Labute approximate surface area is 576 Å². The van der Waals surface area contributed by atoms with Crippen molar-refractivity contribution in [1.29, 1.82) is 0 Å². The molecule has 8 aliphatic heterocycles. The van der Waals surface area contributed by atoms with Crippen LogP contribution in [0.2, 0.25) is 0 Å². The standard InChI is InChI=1S/C19H31NO6.C19H33NO4.C18H29NO5.C17H27NO5/c1-11(2)16-15(25-5)10-12(3)19(24,26-16)17(22)18(23)20-9-7-6-8-14(20)13(4)21;1-12(2)18-13(3)10-14(4)19(23,24-18)11-17(22)20-9-7-6-8-16(20)15(5)21;1-11(2)15-9-8-12(3)18(23,24-15)16(21)17(22)19-10-6-5-7-14(19)13(4)20;1-10(2)14-8-7-11(3)17(22,23-14)15(20)16(21)18-9-5-6-13(18)12(4)19/h11-12,14-16,24H,6-10H2,1-5H3;12-14,16,18,23H,6-11H2,1-5H3;11-12,14-15,23H,5-10H2,1-4H3;10-11,13-14,22H,5-9H2,1-4H3/t12-,14+,15+,16?,19-;13?,14-,16+,18?,19+;12-,14+,15?,18-;11-,13+,14?,17-/m1111/s1. The number of Topliss-reactive ketones (excluding diaryl/α,β-unsaturated/α-hetero) is 7. The van der Waals surface area contributed by atoms with Gasteiger partial charge in [0.15, 0.2) is 28.9 Å². The van der Waals surface area contributed by atoms with E-state index in [0.29, 0.717) is 77.0 Å². The maximum Gasteiger partial charge on any atom is 0.296 e. The lowest BCUT2D eigenvalue weighted by Crippen LogP contribution is -2.63. The third-order valence-electron chi connectivity index (χ3n) is 21.9. The summed E-state index contributed by atoms with van der Waals surface area (Å²) in [5, 5.41) is 43.7. The summed E-state index contributed by atoms with van der Waals surface area (Å²) in [4.78, 5) is 142. The van der Waals surface area contributed by atoms with Gasteiger partial charge in [-0.3, -0.25) is 52.7 Å². The number of likely N-dealkylation sites (tertiary alicyclic amines) is 4. The normalized spacial score (nSPS) is 35.5. The summed E-state index contributed by atoms with van der Waals surface area (Å²) in [5.74, 6) is -14.3. The predicted molar refractivity (Wildman–Crippen MR) is 358 cm³/mol. The van der Waals surface area contributed by atoms with Gasteiger partial charge in [0.25, 0.3) is 35.1 Å². The van der Waals surface area contributed by atoms with E-state index >= 15 is 0 Å². The fraction of sp³-hybridized carbons (Fsp3) is 0.849. The van der Waals surface area contributed by atoms with E-state index in [1.54, 1.807) is 39.7 Å². The molecular formula is C73H120N4O20. The molecule has 8 heterocycles. The second kappa shape index (κ2) is 35.2. The lowest BCUT2D eigenvalue weighted by Gasteiger charge is -2.47. The lowest BCUT2D eigenvalue weighted by atomic mass is 9.79. The third-order valence-corrected chi connectivity index (χ3v) is 21.9. The molecule has 8 saturated heterocycles. The van der Waals surface area contributed by atoms with Crippen LogP contribution in [0.4, 0.5) is 0 Å². The zero-order valence-electron chi connectivity index (χ0n) is 61.6. The molecule has 0 spiro atoms. The molecule has 0 saturated carbocycles. The van der Waals surface area contributed by atoms with Gasteiger partial charge >= 0.3 is 0 Å². The molecule has 4 amide bonds. The van der Waals surface area contributed by atoms with Gasteiger partial charge in [-0.1, -0.05) is 90.0 Å². The summed E-state index contributed by atoms with van der Waals surface area (Å²) in [6, 6.07) is -2.07. The molecule has 8 aliphatic rings. The highest BCUT2D eigenvalue weighted by atomic mass is 16.7. The van der Waals surface area contributed by atoms with Crippen LogP contribution in [0.1, 0.15) is 233 Å². The molecule has 18 atom stereocenters. The van der Waals surface area contributed by atoms with Crippen molar-refractivity contribution in [2.24, 2.45) is 53.3 Å². The van der Waals surface area contributed by atoms with Crippen molar-refractivity contribution in [3.8, 4) is 0 Å². The first-order valence-electron chi connectivity index (χ1n) is 36.2. The fourth-order valence-corrected chi connectivity index (χ4v) is 15.4. The number of rotatable bonds is 17. The molecule has 8 rings (SSSR count). The van der Waals surface area contributed by atoms with Crippen molar-refractivity contribution in [2.45, 2.75) is 311 Å². The molecule has 5 unspecified atom stereocenters. The van der Waals surface area contributed by atoms with Crippen LogP contribution in [0.5, 0.6) is 0 Å². The van der Waals surface area contributed by atoms with Crippen LogP contribution in [0.15, 0.2) is 0 Å². The van der Waals surface area contributed by atoms with Gasteiger partial charge in [-0.05, 0) is 166 Å². The SMILES string of the molecule is CC(=O)[C@@H]1CCCCN1C(=O)C(=O)[C@]1(O)OC(C(C)C)CC[C@H]1C.CC(=O)[C@@H]1CCCCN1C(=O)C[C@]1(O)OC(C(C)C)C(C)C[C@H]1C.CC(=O)[C@@H]1CCCN1C(=O)C(=O)[C@]1(O)OC(C(C)C)CC[C@H]1C.CO[C@H]1C[C@@H](C)[C@](O)(C(=O)C(=O)N2CCCC[C@H]2C(C)=O)OC1C(C)C. The Morgan fingerprint density at radius 1 is 0.402 bits per heavy atom. The van der Waals surface area contributed by atoms with E-state index in [-0.39, 0.29) is 95.5 Å². The van der Waals surface area contributed by atoms with Crippen LogP contribution in [0.25, 0.3) is 0 Å². The van der Waals surface area contributed by atoms with E-state index in [1.807, 2.05) is 48.5 Å². The molecule has 0 aromatic heterocycles. The molecule has 24 heteroatoms. The largest absolute Gasteiger partial charge is 0.379 e. The number of amides is 4. The number of ketones is 7. The maximum absolute atomic E-state index is 12.9. The Morgan fingerprint density at radius 3 is 1.09 bits per heavy atom. The number of aliphatic hydroxyl groups is 4. The van der Waals surface area contributed by atoms with Gasteiger partial charge in [0.1, 0.15) is 0 Å². The highest BCUT2D eigenvalue weighted by molar-refractivity contribution is 6.40. The Hall–Kier alpha value is -4.79. The number of piperidine rings is 3. The lowest BCUT2D eigenvalue weighted by molar-refractivity contribution is -0.300. The summed E-state index contributed by atoms with van der Waals surface area (Å²) in [6.07, 6.45) is 10.8. The monoisotopic (exact) mass is 1370 g/mol. The van der Waals surface area contributed by atoms with Gasteiger partial charge in [-0.2, -0.15) is 0 Å². The average molecular weight is 1370 g/mol. The molecule has 4 N–H and O–H groups in total. The fourth-order valence-electron chi connectivity index (χ4n) is 15.4. The molecule has 0 aliphatic carbocycles. The number of carbonyl (C=O) groups is 11. The minimum atomic E-state index is -2.19. The van der Waals surface area contributed by atoms with Gasteiger partial charge in [0, 0.05) is 57.0 Å². The van der Waals surface area contributed by atoms with Crippen molar-refractivity contribution >= 4 is 64.1 Å². The first-order chi connectivity index (χ1) is 45.1. The molecule has 0 aromatic rings. The molecule has 97 heavy (non-hydrogen) atoms. The number of carbonyl (C=O) groups excluding carboxylic acids is 11. The summed E-state index contributed by atoms with van der Waals surface area (Å²) < 4.78 is 28.6. The number of ether oxygens (including phenoxy) is 5. The second-order valence-corrected chi connectivity index (χ2v) is 30.8. The smallest absolute Gasteiger partial charge is 0.296 e. The van der Waals surface area contributed by atoms with Crippen molar-refractivity contribution in [3.05, 3.63) is 0 Å². The predicted octanol–water partition coefficient (Wildman–Crippen LogP) is 7.04. The Kier molecular flexibility index (Phi) is 30.1. The van der Waals surface area contributed by atoms with Crippen LogP contribution < -0.4 is 0 Å².